The van der Waals surface area contributed by atoms with E-state index in [-0.39, 0.29) is 29.7 Å². The normalized spacial score (nSPS) is 28.7. The third-order valence-electron chi connectivity index (χ3n) is 8.32. The Bertz CT molecular complexity index is 1130. The number of thiophene rings is 1. The lowest BCUT2D eigenvalue weighted by Crippen LogP contribution is -2.54. The van der Waals surface area contributed by atoms with Crippen molar-refractivity contribution in [2.75, 3.05) is 13.1 Å². The summed E-state index contributed by atoms with van der Waals surface area (Å²) in [7, 11) is 0. The van der Waals surface area contributed by atoms with Gasteiger partial charge in [-0.05, 0) is 79.4 Å². The Balaban J connectivity index is 1.10. The van der Waals surface area contributed by atoms with Crippen LogP contribution in [0.2, 0.25) is 0 Å². The highest BCUT2D eigenvalue weighted by molar-refractivity contribution is 7.10. The second-order valence-corrected chi connectivity index (χ2v) is 11.5. The van der Waals surface area contributed by atoms with Crippen LogP contribution in [0.15, 0.2) is 48.0 Å². The predicted molar refractivity (Wildman–Crippen MR) is 131 cm³/mol. The number of H-pyrrole nitrogens is 1. The molecule has 0 aliphatic heterocycles. The van der Waals surface area contributed by atoms with Crippen molar-refractivity contribution in [2.24, 2.45) is 23.2 Å². The van der Waals surface area contributed by atoms with Crippen LogP contribution in [-0.2, 0) is 9.59 Å². The summed E-state index contributed by atoms with van der Waals surface area (Å²) in [6.07, 6.45) is 9.05. The van der Waals surface area contributed by atoms with E-state index < -0.39 is 0 Å². The highest BCUT2D eigenvalue weighted by atomic mass is 32.1. The number of hydrogen-bond donors (Lipinski definition) is 3. The fourth-order valence-corrected chi connectivity index (χ4v) is 8.10. The van der Waals surface area contributed by atoms with Crippen LogP contribution < -0.4 is 10.6 Å². The number of hydrogen-bond acceptors (Lipinski definition) is 3. The predicted octanol–water partition coefficient (Wildman–Crippen LogP) is 4.81. The molecule has 2 aromatic heterocycles. The van der Waals surface area contributed by atoms with Crippen molar-refractivity contribution in [3.8, 4) is 0 Å². The molecule has 1 atom stereocenters. The van der Waals surface area contributed by atoms with Crippen LogP contribution in [-0.4, -0.2) is 29.9 Å². The molecular formula is C27H31N3O2S. The van der Waals surface area contributed by atoms with Crippen molar-refractivity contribution in [3.63, 3.8) is 0 Å². The van der Waals surface area contributed by atoms with Gasteiger partial charge in [0.15, 0.2) is 0 Å². The molecule has 4 aliphatic carbocycles. The van der Waals surface area contributed by atoms with Gasteiger partial charge in [-0.25, -0.2) is 0 Å². The molecule has 3 N–H and O–H groups in total. The molecule has 3 aromatic rings. The van der Waals surface area contributed by atoms with Crippen molar-refractivity contribution in [1.29, 1.82) is 0 Å². The Morgan fingerprint density at radius 2 is 1.73 bits per heavy atom. The Morgan fingerprint density at radius 1 is 1.00 bits per heavy atom. The number of nitrogens with one attached hydrogen (secondary N) is 3. The minimum Gasteiger partial charge on any atom is -0.361 e. The molecule has 4 bridgehead atoms. The van der Waals surface area contributed by atoms with Gasteiger partial charge in [0, 0.05) is 39.9 Å². The standard InChI is InChI=1S/C27H31N3O2S/c31-25(16-30-26(32)27-11-17-8-18(12-27)10-19(9-17)13-27)29-15-22(24-6-3-7-33-24)21-14-28-23-5-2-1-4-20(21)23/h1-7,14,17-19,22,28H,8-13,15-16H2,(H,29,31)(H,30,32). The van der Waals surface area contributed by atoms with Crippen LogP contribution in [0.3, 0.4) is 0 Å². The molecular weight excluding hydrogens is 430 g/mol. The fraction of sp³-hybridized carbons (Fsp3) is 0.481. The summed E-state index contributed by atoms with van der Waals surface area (Å²) in [5.41, 5.74) is 2.08. The van der Waals surface area contributed by atoms with Crippen molar-refractivity contribution in [2.45, 2.75) is 44.4 Å². The largest absolute Gasteiger partial charge is 0.361 e. The third kappa shape index (κ3) is 3.88. The monoisotopic (exact) mass is 461 g/mol. The summed E-state index contributed by atoms with van der Waals surface area (Å²) < 4.78 is 0. The molecule has 7 rings (SSSR count). The van der Waals surface area contributed by atoms with Gasteiger partial charge >= 0.3 is 0 Å². The molecule has 4 aliphatic rings. The minimum atomic E-state index is -0.210. The second-order valence-electron chi connectivity index (χ2n) is 10.5. The molecule has 1 unspecified atom stereocenters. The van der Waals surface area contributed by atoms with Crippen LogP contribution in [0.5, 0.6) is 0 Å². The van der Waals surface area contributed by atoms with Gasteiger partial charge < -0.3 is 15.6 Å². The molecule has 4 saturated carbocycles. The summed E-state index contributed by atoms with van der Waals surface area (Å²) >= 11 is 1.70. The highest BCUT2D eigenvalue weighted by Gasteiger charge is 2.54. The zero-order valence-electron chi connectivity index (χ0n) is 18.8. The number of amides is 2. The van der Waals surface area contributed by atoms with E-state index >= 15 is 0 Å². The van der Waals surface area contributed by atoms with Crippen LogP contribution >= 0.6 is 11.3 Å². The molecule has 4 fully saturated rings. The topological polar surface area (TPSA) is 74.0 Å². The molecule has 0 saturated heterocycles. The maximum absolute atomic E-state index is 13.2. The van der Waals surface area contributed by atoms with Crippen LogP contribution in [0.1, 0.15) is 54.9 Å². The number of benzene rings is 1. The maximum Gasteiger partial charge on any atom is 0.239 e. The van der Waals surface area contributed by atoms with Crippen molar-refractivity contribution >= 4 is 34.1 Å². The lowest BCUT2D eigenvalue weighted by Gasteiger charge is -2.55. The number of aromatic amines is 1. The summed E-state index contributed by atoms with van der Waals surface area (Å²) in [5.74, 6) is 2.23. The van der Waals surface area contributed by atoms with Crippen LogP contribution in [0.25, 0.3) is 10.9 Å². The molecule has 2 amide bonds. The van der Waals surface area contributed by atoms with Crippen LogP contribution in [0.4, 0.5) is 0 Å². The lowest BCUT2D eigenvalue weighted by molar-refractivity contribution is -0.147. The fourth-order valence-electron chi connectivity index (χ4n) is 7.25. The van der Waals surface area contributed by atoms with E-state index in [1.165, 1.54) is 35.1 Å². The highest BCUT2D eigenvalue weighted by Crippen LogP contribution is 2.60. The van der Waals surface area contributed by atoms with E-state index in [2.05, 4.69) is 51.5 Å². The van der Waals surface area contributed by atoms with Gasteiger partial charge in [0.05, 0.1) is 6.54 Å². The van der Waals surface area contributed by atoms with E-state index in [1.807, 2.05) is 12.1 Å². The van der Waals surface area contributed by atoms with Crippen LogP contribution in [0, 0.1) is 23.2 Å². The summed E-state index contributed by atoms with van der Waals surface area (Å²) in [6, 6.07) is 12.4. The average Bonchev–Trinajstić information content (AvgIpc) is 3.48. The number of carbonyl (C=O) groups is 2. The first-order valence-electron chi connectivity index (χ1n) is 12.2. The Kier molecular flexibility index (Phi) is 5.28. The average molecular weight is 462 g/mol. The van der Waals surface area contributed by atoms with Gasteiger partial charge in [0.25, 0.3) is 0 Å². The number of aromatic nitrogens is 1. The Hall–Kier alpha value is -2.60. The molecule has 1 aromatic carbocycles. The summed E-state index contributed by atoms with van der Waals surface area (Å²) in [5, 5.41) is 9.36. The Labute approximate surface area is 198 Å². The molecule has 0 radical (unpaired) electrons. The number of carbonyl (C=O) groups excluding carboxylic acids is 2. The van der Waals surface area contributed by atoms with Gasteiger partial charge in [-0.2, -0.15) is 0 Å². The summed E-state index contributed by atoms with van der Waals surface area (Å²) in [6.45, 7) is 0.570. The van der Waals surface area contributed by atoms with Crippen molar-refractivity contribution in [3.05, 3.63) is 58.4 Å². The van der Waals surface area contributed by atoms with E-state index in [9.17, 15) is 9.59 Å². The van der Waals surface area contributed by atoms with Gasteiger partial charge in [-0.15, -0.1) is 11.3 Å². The molecule has 5 nitrogen and oxygen atoms in total. The first-order chi connectivity index (χ1) is 16.1. The second kappa shape index (κ2) is 8.32. The first-order valence-corrected chi connectivity index (χ1v) is 13.1. The maximum atomic E-state index is 13.2. The zero-order chi connectivity index (χ0) is 22.4. The van der Waals surface area contributed by atoms with Gasteiger partial charge in [-0.3, -0.25) is 9.59 Å². The van der Waals surface area contributed by atoms with Gasteiger partial charge in [-0.1, -0.05) is 24.3 Å². The SMILES string of the molecule is O=C(CNC(=O)C12CC3CC(CC(C3)C1)C2)NCC(c1cccs1)c1c[nH]c2ccccc12. The quantitative estimate of drug-likeness (QED) is 0.472. The molecule has 2 heterocycles. The first kappa shape index (κ1) is 21.0. The molecule has 33 heavy (non-hydrogen) atoms. The van der Waals surface area contributed by atoms with E-state index in [0.717, 1.165) is 42.5 Å². The lowest BCUT2D eigenvalue weighted by atomic mass is 9.49. The third-order valence-corrected chi connectivity index (χ3v) is 9.30. The minimum absolute atomic E-state index is 0.0611. The van der Waals surface area contributed by atoms with E-state index in [0.29, 0.717) is 6.54 Å². The van der Waals surface area contributed by atoms with Gasteiger partial charge in [0.2, 0.25) is 11.8 Å². The summed E-state index contributed by atoms with van der Waals surface area (Å²) in [4.78, 5) is 30.5. The number of rotatable bonds is 7. The number of para-hydroxylation sites is 1. The Morgan fingerprint density at radius 3 is 2.42 bits per heavy atom. The molecule has 0 spiro atoms. The van der Waals surface area contributed by atoms with E-state index in [1.54, 1.807) is 11.3 Å². The van der Waals surface area contributed by atoms with E-state index in [4.69, 9.17) is 0 Å². The number of fused-ring (bicyclic) bond motifs is 1. The van der Waals surface area contributed by atoms with Gasteiger partial charge in [0.1, 0.15) is 0 Å². The van der Waals surface area contributed by atoms with Crippen molar-refractivity contribution in [1.82, 2.24) is 15.6 Å². The van der Waals surface area contributed by atoms with Crippen molar-refractivity contribution < 1.29 is 9.59 Å². The zero-order valence-corrected chi connectivity index (χ0v) is 19.6. The molecule has 6 heteroatoms. The smallest absolute Gasteiger partial charge is 0.239 e. The molecule has 172 valence electrons.